The lowest BCUT2D eigenvalue weighted by molar-refractivity contribution is -0.384. The summed E-state index contributed by atoms with van der Waals surface area (Å²) in [7, 11) is -3.81. The Kier molecular flexibility index (Phi) is 6.98. The van der Waals surface area contributed by atoms with Crippen LogP contribution in [-0.4, -0.2) is 35.8 Å². The molecule has 0 unspecified atom stereocenters. The first kappa shape index (κ1) is 21.6. The van der Waals surface area contributed by atoms with Gasteiger partial charge < -0.3 is 10.4 Å². The van der Waals surface area contributed by atoms with E-state index in [4.69, 9.17) is 0 Å². The molecule has 0 saturated carbocycles. The lowest BCUT2D eigenvalue weighted by atomic mass is 10.0. The zero-order chi connectivity index (χ0) is 20.9. The van der Waals surface area contributed by atoms with Crippen LogP contribution in [0.15, 0.2) is 47.4 Å². The van der Waals surface area contributed by atoms with Gasteiger partial charge in [0, 0.05) is 24.7 Å². The SMILES string of the molecule is CC[C@H](Nc1ccc(S(=O)(=O)N(CC)CC)cc1[N+](=O)[O-])c1ccccc1O. The molecule has 0 radical (unpaired) electrons. The van der Waals surface area contributed by atoms with Gasteiger partial charge in [-0.15, -0.1) is 0 Å². The fourth-order valence-electron chi connectivity index (χ4n) is 3.03. The second kappa shape index (κ2) is 9.03. The number of benzene rings is 2. The summed E-state index contributed by atoms with van der Waals surface area (Å²) in [4.78, 5) is 10.9. The summed E-state index contributed by atoms with van der Waals surface area (Å²) in [6, 6.07) is 10.2. The molecule has 0 fully saturated rings. The van der Waals surface area contributed by atoms with E-state index in [0.717, 1.165) is 6.07 Å². The fraction of sp³-hybridized carbons (Fsp3) is 0.368. The van der Waals surface area contributed by atoms with E-state index in [-0.39, 0.29) is 41.2 Å². The highest BCUT2D eigenvalue weighted by molar-refractivity contribution is 7.89. The van der Waals surface area contributed by atoms with E-state index < -0.39 is 14.9 Å². The van der Waals surface area contributed by atoms with Crippen LogP contribution in [-0.2, 0) is 10.0 Å². The van der Waals surface area contributed by atoms with Gasteiger partial charge in [-0.25, -0.2) is 8.42 Å². The van der Waals surface area contributed by atoms with Crippen molar-refractivity contribution in [3.63, 3.8) is 0 Å². The Balaban J connectivity index is 2.46. The molecular weight excluding hydrogens is 382 g/mol. The summed E-state index contributed by atoms with van der Waals surface area (Å²) in [5.41, 5.74) is 0.472. The van der Waals surface area contributed by atoms with Crippen LogP contribution in [0.1, 0.15) is 38.8 Å². The highest BCUT2D eigenvalue weighted by atomic mass is 32.2. The van der Waals surface area contributed by atoms with Crippen molar-refractivity contribution in [1.82, 2.24) is 4.31 Å². The highest BCUT2D eigenvalue weighted by Crippen LogP contribution is 2.34. The molecule has 0 aliphatic carbocycles. The summed E-state index contributed by atoms with van der Waals surface area (Å²) in [6.45, 7) is 5.86. The molecule has 152 valence electrons. The second-order valence-electron chi connectivity index (χ2n) is 6.19. The minimum absolute atomic E-state index is 0.0882. The van der Waals surface area contributed by atoms with Crippen molar-refractivity contribution in [2.24, 2.45) is 0 Å². The molecule has 2 N–H and O–H groups in total. The van der Waals surface area contributed by atoms with E-state index in [1.807, 2.05) is 6.92 Å². The van der Waals surface area contributed by atoms with E-state index >= 15 is 0 Å². The molecule has 2 rings (SSSR count). The van der Waals surface area contributed by atoms with Gasteiger partial charge >= 0.3 is 0 Å². The molecule has 8 nitrogen and oxygen atoms in total. The third kappa shape index (κ3) is 4.42. The summed E-state index contributed by atoms with van der Waals surface area (Å²) >= 11 is 0. The predicted molar refractivity (Wildman–Crippen MR) is 108 cm³/mol. The van der Waals surface area contributed by atoms with Crippen molar-refractivity contribution >= 4 is 21.4 Å². The molecular formula is C19H25N3O5S. The first-order chi connectivity index (χ1) is 13.3. The van der Waals surface area contributed by atoms with Crippen molar-refractivity contribution < 1.29 is 18.4 Å². The van der Waals surface area contributed by atoms with E-state index in [2.05, 4.69) is 5.32 Å². The van der Waals surface area contributed by atoms with Crippen LogP contribution in [0.5, 0.6) is 5.75 Å². The average molecular weight is 407 g/mol. The molecule has 28 heavy (non-hydrogen) atoms. The highest BCUT2D eigenvalue weighted by Gasteiger charge is 2.26. The summed E-state index contributed by atoms with van der Waals surface area (Å²) in [5.74, 6) is 0.0882. The van der Waals surface area contributed by atoms with Crippen molar-refractivity contribution in [2.45, 2.75) is 38.1 Å². The molecule has 0 aliphatic rings. The number of hydrogen-bond donors (Lipinski definition) is 2. The Labute approximate surface area is 165 Å². The molecule has 9 heteroatoms. The first-order valence-corrected chi connectivity index (χ1v) is 10.5. The normalized spacial score (nSPS) is 12.7. The smallest absolute Gasteiger partial charge is 0.293 e. The number of hydrogen-bond acceptors (Lipinski definition) is 6. The maximum Gasteiger partial charge on any atom is 0.293 e. The number of rotatable bonds is 9. The van der Waals surface area contributed by atoms with Gasteiger partial charge in [-0.1, -0.05) is 39.0 Å². The number of phenols is 1. The van der Waals surface area contributed by atoms with Gasteiger partial charge in [0.1, 0.15) is 11.4 Å². The Morgan fingerprint density at radius 1 is 1.14 bits per heavy atom. The van der Waals surface area contributed by atoms with Crippen molar-refractivity contribution in [1.29, 1.82) is 0 Å². The Hall–Kier alpha value is -2.65. The standard InChI is InChI=1S/C19H25N3O5S/c1-4-16(15-9-7-8-10-19(15)23)20-17-12-11-14(13-18(17)22(24)25)28(26,27)21(5-2)6-3/h7-13,16,20,23H,4-6H2,1-3H3/t16-/m0/s1. The van der Waals surface area contributed by atoms with Crippen LogP contribution >= 0.6 is 0 Å². The number of nitrogens with one attached hydrogen (secondary N) is 1. The zero-order valence-electron chi connectivity index (χ0n) is 16.1. The number of sulfonamides is 1. The van der Waals surface area contributed by atoms with Crippen molar-refractivity contribution in [2.75, 3.05) is 18.4 Å². The van der Waals surface area contributed by atoms with Crippen LogP contribution < -0.4 is 5.32 Å². The summed E-state index contributed by atoms with van der Waals surface area (Å²) in [5, 5.41) is 24.7. The minimum atomic E-state index is -3.81. The van der Waals surface area contributed by atoms with E-state index in [1.54, 1.807) is 38.1 Å². The molecule has 2 aromatic carbocycles. The van der Waals surface area contributed by atoms with Crippen LogP contribution in [0, 0.1) is 10.1 Å². The molecule has 0 heterocycles. The van der Waals surface area contributed by atoms with Gasteiger partial charge in [-0.05, 0) is 24.6 Å². The summed E-state index contributed by atoms with van der Waals surface area (Å²) in [6.07, 6.45) is 0.564. The number of aromatic hydroxyl groups is 1. The van der Waals surface area contributed by atoms with Gasteiger partial charge in [0.05, 0.1) is 15.9 Å². The number of para-hydroxylation sites is 1. The number of nitro benzene ring substituents is 1. The average Bonchev–Trinajstić information content (AvgIpc) is 2.67. The topological polar surface area (TPSA) is 113 Å². The third-order valence-corrected chi connectivity index (χ3v) is 6.61. The maximum atomic E-state index is 12.7. The van der Waals surface area contributed by atoms with E-state index in [1.165, 1.54) is 16.4 Å². The molecule has 0 aromatic heterocycles. The minimum Gasteiger partial charge on any atom is -0.508 e. The zero-order valence-corrected chi connectivity index (χ0v) is 16.9. The quantitative estimate of drug-likeness (QED) is 0.482. The van der Waals surface area contributed by atoms with Crippen LogP contribution in [0.25, 0.3) is 0 Å². The first-order valence-electron chi connectivity index (χ1n) is 9.09. The molecule has 2 aromatic rings. The molecule has 1 atom stereocenters. The largest absolute Gasteiger partial charge is 0.508 e. The number of nitro groups is 1. The lowest BCUT2D eigenvalue weighted by Crippen LogP contribution is -2.30. The number of phenolic OH excluding ortho intramolecular Hbond substituents is 1. The maximum absolute atomic E-state index is 12.7. The van der Waals surface area contributed by atoms with E-state index in [9.17, 15) is 23.6 Å². The van der Waals surface area contributed by atoms with Gasteiger partial charge in [-0.2, -0.15) is 4.31 Å². The van der Waals surface area contributed by atoms with Gasteiger partial charge in [0.2, 0.25) is 10.0 Å². The Bertz CT molecular complexity index is 942. The molecule has 0 amide bonds. The van der Waals surface area contributed by atoms with Crippen molar-refractivity contribution in [3.05, 3.63) is 58.1 Å². The van der Waals surface area contributed by atoms with Crippen LogP contribution in [0.3, 0.4) is 0 Å². The van der Waals surface area contributed by atoms with E-state index in [0.29, 0.717) is 12.0 Å². The molecule has 0 aliphatic heterocycles. The monoisotopic (exact) mass is 407 g/mol. The summed E-state index contributed by atoms with van der Waals surface area (Å²) < 4.78 is 26.6. The van der Waals surface area contributed by atoms with Crippen LogP contribution in [0.4, 0.5) is 11.4 Å². The Morgan fingerprint density at radius 3 is 2.32 bits per heavy atom. The molecule has 0 bridgehead atoms. The van der Waals surface area contributed by atoms with Crippen molar-refractivity contribution in [3.8, 4) is 5.75 Å². The van der Waals surface area contributed by atoms with Gasteiger partial charge in [0.15, 0.2) is 0 Å². The Morgan fingerprint density at radius 2 is 1.79 bits per heavy atom. The second-order valence-corrected chi connectivity index (χ2v) is 8.13. The lowest BCUT2D eigenvalue weighted by Gasteiger charge is -2.21. The third-order valence-electron chi connectivity index (χ3n) is 4.56. The molecule has 0 spiro atoms. The van der Waals surface area contributed by atoms with Crippen LogP contribution in [0.2, 0.25) is 0 Å². The number of nitrogens with zero attached hydrogens (tertiary/aromatic N) is 2. The fourth-order valence-corrected chi connectivity index (χ4v) is 4.51. The van der Waals surface area contributed by atoms with Gasteiger partial charge in [-0.3, -0.25) is 10.1 Å². The van der Waals surface area contributed by atoms with Gasteiger partial charge in [0.25, 0.3) is 5.69 Å². The molecule has 0 saturated heterocycles. The predicted octanol–water partition coefficient (Wildman–Crippen LogP) is 3.89. The number of anilines is 1.